The van der Waals surface area contributed by atoms with Gasteiger partial charge in [-0.25, -0.2) is 4.98 Å². The number of nitrogens with zero attached hydrogens (tertiary/aromatic N) is 4. The monoisotopic (exact) mass is 301 g/mol. The van der Waals surface area contributed by atoms with Gasteiger partial charge < -0.3 is 15.0 Å². The van der Waals surface area contributed by atoms with Crippen LogP contribution in [0.5, 0.6) is 0 Å². The Morgan fingerprint density at radius 2 is 2.18 bits per heavy atom. The van der Waals surface area contributed by atoms with E-state index in [0.717, 1.165) is 74.9 Å². The van der Waals surface area contributed by atoms with Crippen LogP contribution in [0.3, 0.4) is 0 Å². The van der Waals surface area contributed by atoms with Gasteiger partial charge in [0.05, 0.1) is 5.69 Å². The minimum absolute atomic E-state index is 0.141. The highest BCUT2D eigenvalue weighted by atomic mass is 16.5. The Morgan fingerprint density at radius 1 is 1.32 bits per heavy atom. The molecule has 6 heteroatoms. The second-order valence-corrected chi connectivity index (χ2v) is 6.04. The molecule has 2 aliphatic rings. The molecule has 0 radical (unpaired) electrons. The second kappa shape index (κ2) is 5.85. The van der Waals surface area contributed by atoms with Gasteiger partial charge in [-0.2, -0.15) is 9.61 Å². The molecule has 0 aliphatic carbocycles. The van der Waals surface area contributed by atoms with Gasteiger partial charge in [0.15, 0.2) is 5.65 Å². The summed E-state index contributed by atoms with van der Waals surface area (Å²) in [6.45, 7) is 7.06. The van der Waals surface area contributed by atoms with Gasteiger partial charge >= 0.3 is 0 Å². The van der Waals surface area contributed by atoms with E-state index in [2.05, 4.69) is 29.3 Å². The Kier molecular flexibility index (Phi) is 3.72. The lowest BCUT2D eigenvalue weighted by molar-refractivity contribution is 0.108. The van der Waals surface area contributed by atoms with Crippen molar-refractivity contribution in [2.24, 2.45) is 0 Å². The average molecular weight is 301 g/mol. The van der Waals surface area contributed by atoms with Crippen molar-refractivity contribution < 1.29 is 4.74 Å². The van der Waals surface area contributed by atoms with Crippen molar-refractivity contribution in [2.45, 2.75) is 32.3 Å². The number of ether oxygens (including phenoxy) is 1. The number of hydrogen-bond acceptors (Lipinski definition) is 5. The van der Waals surface area contributed by atoms with Crippen molar-refractivity contribution >= 4 is 11.5 Å². The van der Waals surface area contributed by atoms with E-state index in [1.54, 1.807) is 0 Å². The predicted octanol–water partition coefficient (Wildman–Crippen LogP) is 1.55. The van der Waals surface area contributed by atoms with Crippen molar-refractivity contribution in [2.75, 3.05) is 37.7 Å². The summed E-state index contributed by atoms with van der Waals surface area (Å²) in [7, 11) is 0. The molecule has 118 valence electrons. The van der Waals surface area contributed by atoms with Gasteiger partial charge in [-0.15, -0.1) is 0 Å². The molecule has 2 saturated heterocycles. The third-order valence-corrected chi connectivity index (χ3v) is 4.54. The summed E-state index contributed by atoms with van der Waals surface area (Å²) in [5, 5.41) is 8.22. The molecular formula is C16H23N5O. The van der Waals surface area contributed by atoms with Gasteiger partial charge in [0.2, 0.25) is 0 Å². The standard InChI is InChI=1S/C16H23N5O/c1-2-12-10-16(20-7-5-17-6-8-20)21-15(18-12)11-13(19-21)14-4-3-9-22-14/h10-11,14,17H,2-9H2,1H3. The van der Waals surface area contributed by atoms with E-state index in [9.17, 15) is 0 Å². The predicted molar refractivity (Wildman–Crippen MR) is 85.4 cm³/mol. The van der Waals surface area contributed by atoms with Crippen molar-refractivity contribution in [3.8, 4) is 0 Å². The average Bonchev–Trinajstić information content (AvgIpc) is 3.23. The van der Waals surface area contributed by atoms with E-state index in [4.69, 9.17) is 14.8 Å². The van der Waals surface area contributed by atoms with Crippen LogP contribution >= 0.6 is 0 Å². The lowest BCUT2D eigenvalue weighted by Gasteiger charge is -2.29. The summed E-state index contributed by atoms with van der Waals surface area (Å²) in [6.07, 6.45) is 3.27. The number of nitrogens with one attached hydrogen (secondary N) is 1. The summed E-state index contributed by atoms with van der Waals surface area (Å²) in [5.74, 6) is 1.16. The minimum Gasteiger partial charge on any atom is -0.372 e. The maximum atomic E-state index is 5.78. The summed E-state index contributed by atoms with van der Waals surface area (Å²) < 4.78 is 7.78. The number of rotatable bonds is 3. The smallest absolute Gasteiger partial charge is 0.157 e. The van der Waals surface area contributed by atoms with E-state index in [1.807, 2.05) is 4.52 Å². The first-order valence-electron chi connectivity index (χ1n) is 8.32. The number of piperazine rings is 1. The van der Waals surface area contributed by atoms with Crippen LogP contribution in [0.1, 0.15) is 37.3 Å². The highest BCUT2D eigenvalue weighted by Gasteiger charge is 2.23. The van der Waals surface area contributed by atoms with Gasteiger partial charge in [0, 0.05) is 50.6 Å². The van der Waals surface area contributed by atoms with E-state index >= 15 is 0 Å². The molecule has 0 spiro atoms. The maximum Gasteiger partial charge on any atom is 0.157 e. The lowest BCUT2D eigenvalue weighted by Crippen LogP contribution is -2.44. The number of anilines is 1. The highest BCUT2D eigenvalue weighted by Crippen LogP contribution is 2.29. The van der Waals surface area contributed by atoms with Crippen LogP contribution in [0.4, 0.5) is 5.82 Å². The van der Waals surface area contributed by atoms with Crippen LogP contribution in [0.2, 0.25) is 0 Å². The van der Waals surface area contributed by atoms with E-state index in [-0.39, 0.29) is 6.10 Å². The number of hydrogen-bond donors (Lipinski definition) is 1. The number of aromatic nitrogens is 3. The van der Waals surface area contributed by atoms with Crippen molar-refractivity contribution in [3.63, 3.8) is 0 Å². The topological polar surface area (TPSA) is 54.7 Å². The third-order valence-electron chi connectivity index (χ3n) is 4.54. The molecule has 4 rings (SSSR count). The molecular weight excluding hydrogens is 278 g/mol. The Bertz CT molecular complexity index is 656. The molecule has 1 unspecified atom stereocenters. The first kappa shape index (κ1) is 14.0. The molecule has 0 amide bonds. The van der Waals surface area contributed by atoms with Crippen LogP contribution in [-0.2, 0) is 11.2 Å². The molecule has 6 nitrogen and oxygen atoms in total. The quantitative estimate of drug-likeness (QED) is 0.932. The maximum absolute atomic E-state index is 5.78. The molecule has 2 fully saturated rings. The minimum atomic E-state index is 0.141. The van der Waals surface area contributed by atoms with Gasteiger partial charge in [0.1, 0.15) is 11.9 Å². The Balaban J connectivity index is 1.78. The van der Waals surface area contributed by atoms with E-state index < -0.39 is 0 Å². The van der Waals surface area contributed by atoms with Crippen LogP contribution in [0.15, 0.2) is 12.1 Å². The molecule has 22 heavy (non-hydrogen) atoms. The SMILES string of the molecule is CCc1cc(N2CCNCC2)n2nc(C3CCCO3)cc2n1. The van der Waals surface area contributed by atoms with Gasteiger partial charge in [-0.05, 0) is 19.3 Å². The molecule has 0 bridgehead atoms. The van der Waals surface area contributed by atoms with Crippen LogP contribution in [-0.4, -0.2) is 47.4 Å². The molecule has 2 aromatic heterocycles. The third kappa shape index (κ3) is 2.46. The zero-order valence-corrected chi connectivity index (χ0v) is 13.1. The van der Waals surface area contributed by atoms with Gasteiger partial charge in [-0.3, -0.25) is 0 Å². The summed E-state index contributed by atoms with van der Waals surface area (Å²) in [6, 6.07) is 4.28. The molecule has 0 saturated carbocycles. The molecule has 4 heterocycles. The Labute approximate surface area is 130 Å². The molecule has 2 aromatic rings. The fourth-order valence-electron chi connectivity index (χ4n) is 3.30. The fraction of sp³-hybridized carbons (Fsp3) is 0.625. The van der Waals surface area contributed by atoms with Crippen LogP contribution in [0.25, 0.3) is 5.65 Å². The fourth-order valence-corrected chi connectivity index (χ4v) is 3.30. The lowest BCUT2D eigenvalue weighted by atomic mass is 10.2. The van der Waals surface area contributed by atoms with E-state index in [1.165, 1.54) is 0 Å². The first-order chi connectivity index (χ1) is 10.8. The van der Waals surface area contributed by atoms with Crippen molar-refractivity contribution in [1.82, 2.24) is 19.9 Å². The largest absolute Gasteiger partial charge is 0.372 e. The summed E-state index contributed by atoms with van der Waals surface area (Å²) in [4.78, 5) is 7.14. The number of fused-ring (bicyclic) bond motifs is 1. The zero-order valence-electron chi connectivity index (χ0n) is 13.1. The normalized spacial score (nSPS) is 22.6. The van der Waals surface area contributed by atoms with Crippen molar-refractivity contribution in [1.29, 1.82) is 0 Å². The van der Waals surface area contributed by atoms with Gasteiger partial charge in [0.25, 0.3) is 0 Å². The second-order valence-electron chi connectivity index (χ2n) is 6.04. The summed E-state index contributed by atoms with van der Waals surface area (Å²) >= 11 is 0. The highest BCUT2D eigenvalue weighted by molar-refractivity contribution is 5.52. The van der Waals surface area contributed by atoms with E-state index in [0.29, 0.717) is 0 Å². The number of aryl methyl sites for hydroxylation is 1. The zero-order chi connectivity index (χ0) is 14.9. The molecule has 1 atom stereocenters. The van der Waals surface area contributed by atoms with Crippen LogP contribution < -0.4 is 10.2 Å². The Morgan fingerprint density at radius 3 is 2.91 bits per heavy atom. The first-order valence-corrected chi connectivity index (χ1v) is 8.32. The Hall–Kier alpha value is -1.66. The van der Waals surface area contributed by atoms with Crippen molar-refractivity contribution in [3.05, 3.63) is 23.5 Å². The molecule has 1 N–H and O–H groups in total. The van der Waals surface area contributed by atoms with Crippen LogP contribution in [0, 0.1) is 0 Å². The molecule has 0 aromatic carbocycles. The van der Waals surface area contributed by atoms with Gasteiger partial charge in [-0.1, -0.05) is 6.92 Å². The summed E-state index contributed by atoms with van der Waals surface area (Å²) in [5.41, 5.74) is 3.09. The molecule has 2 aliphatic heterocycles.